The SMILES string of the molecule is COC(=O)c1c(C)[nH]c(OC)c1C. The summed E-state index contributed by atoms with van der Waals surface area (Å²) in [4.78, 5) is 14.2. The van der Waals surface area contributed by atoms with Gasteiger partial charge in [0.15, 0.2) is 5.88 Å². The molecule has 1 rings (SSSR count). The van der Waals surface area contributed by atoms with Crippen molar-refractivity contribution in [3.05, 3.63) is 16.8 Å². The van der Waals surface area contributed by atoms with Crippen molar-refractivity contribution in [1.82, 2.24) is 4.98 Å². The molecule has 13 heavy (non-hydrogen) atoms. The van der Waals surface area contributed by atoms with Crippen molar-refractivity contribution in [2.45, 2.75) is 13.8 Å². The maximum absolute atomic E-state index is 11.3. The molecular formula is C9H13NO3. The van der Waals surface area contributed by atoms with Crippen molar-refractivity contribution in [3.63, 3.8) is 0 Å². The summed E-state index contributed by atoms with van der Waals surface area (Å²) in [5.41, 5.74) is 2.10. The van der Waals surface area contributed by atoms with Crippen LogP contribution in [-0.2, 0) is 4.74 Å². The number of rotatable bonds is 2. The molecule has 4 heteroatoms. The Morgan fingerprint density at radius 3 is 2.31 bits per heavy atom. The first-order chi connectivity index (χ1) is 6.11. The standard InChI is InChI=1S/C9H13NO3/c1-5-7(9(11)13-4)6(2)10-8(5)12-3/h10H,1-4H3. The molecule has 4 nitrogen and oxygen atoms in total. The largest absolute Gasteiger partial charge is 0.482 e. The summed E-state index contributed by atoms with van der Waals surface area (Å²) >= 11 is 0. The highest BCUT2D eigenvalue weighted by Gasteiger charge is 2.18. The molecule has 1 heterocycles. The molecule has 0 aromatic carbocycles. The number of hydrogen-bond acceptors (Lipinski definition) is 3. The van der Waals surface area contributed by atoms with E-state index in [0.29, 0.717) is 11.4 Å². The number of aryl methyl sites for hydroxylation is 1. The molecule has 1 aromatic heterocycles. The van der Waals surface area contributed by atoms with Gasteiger partial charge in [0, 0.05) is 11.3 Å². The van der Waals surface area contributed by atoms with Crippen molar-refractivity contribution in [1.29, 1.82) is 0 Å². The zero-order valence-electron chi connectivity index (χ0n) is 8.22. The van der Waals surface area contributed by atoms with Gasteiger partial charge in [0.25, 0.3) is 0 Å². The van der Waals surface area contributed by atoms with Crippen LogP contribution in [0, 0.1) is 13.8 Å². The number of methoxy groups -OCH3 is 2. The molecule has 0 unspecified atom stereocenters. The van der Waals surface area contributed by atoms with Crippen LogP contribution in [0.1, 0.15) is 21.6 Å². The summed E-state index contributed by atoms with van der Waals surface area (Å²) in [7, 11) is 2.92. The van der Waals surface area contributed by atoms with Gasteiger partial charge in [0.1, 0.15) is 0 Å². The van der Waals surface area contributed by atoms with E-state index in [-0.39, 0.29) is 5.97 Å². The van der Waals surface area contributed by atoms with Crippen LogP contribution in [0.5, 0.6) is 5.88 Å². The lowest BCUT2D eigenvalue weighted by atomic mass is 10.2. The van der Waals surface area contributed by atoms with E-state index < -0.39 is 0 Å². The Labute approximate surface area is 76.9 Å². The molecule has 1 N–H and O–H groups in total. The Balaban J connectivity index is 3.20. The number of esters is 1. The maximum atomic E-state index is 11.3. The van der Waals surface area contributed by atoms with E-state index in [1.807, 2.05) is 13.8 Å². The van der Waals surface area contributed by atoms with Crippen LogP contribution in [0.15, 0.2) is 0 Å². The van der Waals surface area contributed by atoms with Crippen LogP contribution >= 0.6 is 0 Å². The third kappa shape index (κ3) is 1.52. The van der Waals surface area contributed by atoms with E-state index in [0.717, 1.165) is 11.3 Å². The van der Waals surface area contributed by atoms with Gasteiger partial charge in [0.05, 0.1) is 19.8 Å². The lowest BCUT2D eigenvalue weighted by Crippen LogP contribution is -2.03. The van der Waals surface area contributed by atoms with Gasteiger partial charge in [-0.3, -0.25) is 0 Å². The summed E-state index contributed by atoms with van der Waals surface area (Å²) < 4.78 is 9.68. The fourth-order valence-corrected chi connectivity index (χ4v) is 1.33. The van der Waals surface area contributed by atoms with Crippen LogP contribution in [0.2, 0.25) is 0 Å². The van der Waals surface area contributed by atoms with Gasteiger partial charge >= 0.3 is 5.97 Å². The van der Waals surface area contributed by atoms with Crippen molar-refractivity contribution < 1.29 is 14.3 Å². The number of carbonyl (C=O) groups is 1. The first-order valence-electron chi connectivity index (χ1n) is 3.93. The van der Waals surface area contributed by atoms with E-state index in [1.54, 1.807) is 7.11 Å². The number of aromatic amines is 1. The maximum Gasteiger partial charge on any atom is 0.340 e. The molecule has 1 aromatic rings. The van der Waals surface area contributed by atoms with Gasteiger partial charge in [-0.2, -0.15) is 0 Å². The van der Waals surface area contributed by atoms with Gasteiger partial charge in [-0.05, 0) is 13.8 Å². The number of hydrogen-bond donors (Lipinski definition) is 1. The van der Waals surface area contributed by atoms with Crippen molar-refractivity contribution in [3.8, 4) is 5.88 Å². The minimum atomic E-state index is -0.338. The minimum Gasteiger partial charge on any atom is -0.482 e. The van der Waals surface area contributed by atoms with Crippen LogP contribution in [0.3, 0.4) is 0 Å². The number of carbonyl (C=O) groups excluding carboxylic acids is 1. The molecule has 0 aliphatic rings. The summed E-state index contributed by atoms with van der Waals surface area (Å²) in [5, 5.41) is 0. The highest BCUT2D eigenvalue weighted by molar-refractivity contribution is 5.93. The molecule has 72 valence electrons. The first kappa shape index (κ1) is 9.64. The fourth-order valence-electron chi connectivity index (χ4n) is 1.33. The average Bonchev–Trinajstić information content (AvgIpc) is 2.40. The van der Waals surface area contributed by atoms with E-state index in [1.165, 1.54) is 7.11 Å². The van der Waals surface area contributed by atoms with Crippen LogP contribution in [-0.4, -0.2) is 25.2 Å². The topological polar surface area (TPSA) is 51.3 Å². The lowest BCUT2D eigenvalue weighted by molar-refractivity contribution is 0.0599. The molecule has 0 saturated heterocycles. The van der Waals surface area contributed by atoms with E-state index >= 15 is 0 Å². The first-order valence-corrected chi connectivity index (χ1v) is 3.93. The van der Waals surface area contributed by atoms with Crippen LogP contribution in [0.4, 0.5) is 0 Å². The Kier molecular flexibility index (Phi) is 2.60. The fraction of sp³-hybridized carbons (Fsp3) is 0.444. The molecule has 0 aliphatic heterocycles. The summed E-state index contributed by atoms with van der Waals surface area (Å²) in [6.45, 7) is 3.62. The van der Waals surface area contributed by atoms with Gasteiger partial charge in [-0.25, -0.2) is 4.79 Å². The third-order valence-electron chi connectivity index (χ3n) is 1.99. The second-order valence-corrected chi connectivity index (χ2v) is 2.77. The molecule has 0 aliphatic carbocycles. The Morgan fingerprint density at radius 1 is 1.31 bits per heavy atom. The normalized spacial score (nSPS) is 9.85. The smallest absolute Gasteiger partial charge is 0.340 e. The van der Waals surface area contributed by atoms with E-state index in [9.17, 15) is 4.79 Å². The van der Waals surface area contributed by atoms with Gasteiger partial charge in [-0.15, -0.1) is 0 Å². The average molecular weight is 183 g/mol. The minimum absolute atomic E-state index is 0.338. The number of H-pyrrole nitrogens is 1. The quantitative estimate of drug-likeness (QED) is 0.705. The number of ether oxygens (including phenoxy) is 2. The zero-order chi connectivity index (χ0) is 10.0. The highest BCUT2D eigenvalue weighted by Crippen LogP contribution is 2.24. The Morgan fingerprint density at radius 2 is 1.92 bits per heavy atom. The molecule has 0 fully saturated rings. The van der Waals surface area contributed by atoms with E-state index in [4.69, 9.17) is 4.74 Å². The monoisotopic (exact) mass is 183 g/mol. The van der Waals surface area contributed by atoms with Gasteiger partial charge in [0.2, 0.25) is 0 Å². The molecule has 0 spiro atoms. The van der Waals surface area contributed by atoms with Gasteiger partial charge in [-0.1, -0.05) is 0 Å². The second-order valence-electron chi connectivity index (χ2n) is 2.77. The molecule has 0 bridgehead atoms. The van der Waals surface area contributed by atoms with Crippen molar-refractivity contribution in [2.24, 2.45) is 0 Å². The van der Waals surface area contributed by atoms with Crippen LogP contribution in [0.25, 0.3) is 0 Å². The predicted octanol–water partition coefficient (Wildman–Crippen LogP) is 1.43. The molecule has 0 atom stereocenters. The summed E-state index contributed by atoms with van der Waals surface area (Å²) in [6.07, 6.45) is 0. The number of aromatic nitrogens is 1. The van der Waals surface area contributed by atoms with E-state index in [2.05, 4.69) is 9.72 Å². The Bertz CT molecular complexity index is 328. The molecule has 0 saturated carbocycles. The summed E-state index contributed by atoms with van der Waals surface area (Å²) in [5.74, 6) is 0.271. The molecule has 0 radical (unpaired) electrons. The van der Waals surface area contributed by atoms with Crippen molar-refractivity contribution >= 4 is 5.97 Å². The Hall–Kier alpha value is -1.45. The lowest BCUT2D eigenvalue weighted by Gasteiger charge is -1.99. The zero-order valence-corrected chi connectivity index (χ0v) is 8.22. The highest BCUT2D eigenvalue weighted by atomic mass is 16.5. The predicted molar refractivity (Wildman–Crippen MR) is 48.2 cm³/mol. The third-order valence-corrected chi connectivity index (χ3v) is 1.99. The molecule has 0 amide bonds. The van der Waals surface area contributed by atoms with Gasteiger partial charge < -0.3 is 14.5 Å². The van der Waals surface area contributed by atoms with Crippen LogP contribution < -0.4 is 4.74 Å². The summed E-state index contributed by atoms with van der Waals surface area (Å²) in [6, 6.07) is 0. The second kappa shape index (κ2) is 3.51. The molecular weight excluding hydrogens is 170 g/mol. The number of nitrogens with one attached hydrogen (secondary N) is 1. The van der Waals surface area contributed by atoms with Crippen molar-refractivity contribution in [2.75, 3.05) is 14.2 Å².